The molecule has 0 fully saturated rings. The largest absolute Gasteiger partial charge is 0.490 e. The number of benzene rings is 5. The minimum atomic E-state index is -0.440. The second kappa shape index (κ2) is 25.3. The van der Waals surface area contributed by atoms with Crippen LogP contribution in [0.1, 0.15) is 25.0 Å². The highest BCUT2D eigenvalue weighted by Crippen LogP contribution is 2.32. The summed E-state index contributed by atoms with van der Waals surface area (Å²) in [6.07, 6.45) is 3.40. The van der Waals surface area contributed by atoms with Crippen LogP contribution in [0.25, 0.3) is 11.1 Å². The van der Waals surface area contributed by atoms with E-state index in [0.717, 1.165) is 46.6 Å². The van der Waals surface area contributed by atoms with Gasteiger partial charge in [-0.2, -0.15) is 0 Å². The average molecular weight is 771 g/mol. The maximum atomic E-state index is 10.9. The molecule has 296 valence electrons. The Morgan fingerprint density at radius 3 is 1.33 bits per heavy atom. The normalized spacial score (nSPS) is 10.1. The van der Waals surface area contributed by atoms with Gasteiger partial charge in [0.05, 0.1) is 0 Å². The molecule has 57 heavy (non-hydrogen) atoms. The number of carbonyl (C=O) groups excluding carboxylic acids is 3. The molecule has 0 saturated heterocycles. The van der Waals surface area contributed by atoms with Crippen LogP contribution in [-0.4, -0.2) is 57.5 Å². The Morgan fingerprint density at radius 2 is 0.842 bits per heavy atom. The van der Waals surface area contributed by atoms with Crippen LogP contribution in [0.5, 0.6) is 17.2 Å². The second-order valence-electron chi connectivity index (χ2n) is 12.4. The molecule has 0 aromatic heterocycles. The van der Waals surface area contributed by atoms with Crippen molar-refractivity contribution < 1.29 is 42.8 Å². The summed E-state index contributed by atoms with van der Waals surface area (Å²) in [7, 11) is 0. The lowest BCUT2D eigenvalue weighted by Crippen LogP contribution is -2.18. The molecular weight excluding hydrogens is 721 g/mol. The molecule has 0 unspecified atom stereocenters. The van der Waals surface area contributed by atoms with E-state index in [1.165, 1.54) is 11.1 Å². The van der Waals surface area contributed by atoms with Crippen LogP contribution < -0.4 is 14.2 Å². The monoisotopic (exact) mass is 770 g/mol. The maximum absolute atomic E-state index is 10.9. The van der Waals surface area contributed by atoms with Crippen molar-refractivity contribution in [3.8, 4) is 28.4 Å². The van der Waals surface area contributed by atoms with Crippen molar-refractivity contribution in [1.82, 2.24) is 0 Å². The van der Waals surface area contributed by atoms with Gasteiger partial charge in [-0.1, -0.05) is 143 Å². The van der Waals surface area contributed by atoms with E-state index >= 15 is 0 Å². The highest BCUT2D eigenvalue weighted by molar-refractivity contribution is 5.81. The number of hydrogen-bond donors (Lipinski definition) is 0. The van der Waals surface area contributed by atoms with Crippen molar-refractivity contribution >= 4 is 17.9 Å². The highest BCUT2D eigenvalue weighted by Gasteiger charge is 2.22. The van der Waals surface area contributed by atoms with E-state index in [9.17, 15) is 14.4 Å². The Balaban J connectivity index is 0.000000236. The molecule has 0 saturated carbocycles. The minimum absolute atomic E-state index is 0.0702. The molecule has 0 spiro atoms. The Bertz CT molecular complexity index is 1960. The van der Waals surface area contributed by atoms with Crippen molar-refractivity contribution in [1.29, 1.82) is 0 Å². The molecule has 0 radical (unpaired) electrons. The summed E-state index contributed by atoms with van der Waals surface area (Å²) in [4.78, 5) is 32.5. The molecule has 0 atom stereocenters. The van der Waals surface area contributed by atoms with Gasteiger partial charge >= 0.3 is 17.9 Å². The first-order valence-electron chi connectivity index (χ1n) is 18.3. The van der Waals surface area contributed by atoms with Gasteiger partial charge in [0.2, 0.25) is 0 Å². The molecule has 5 aromatic rings. The van der Waals surface area contributed by atoms with E-state index in [4.69, 9.17) is 28.4 Å². The van der Waals surface area contributed by atoms with Crippen LogP contribution in [0.2, 0.25) is 0 Å². The first-order valence-corrected chi connectivity index (χ1v) is 18.3. The fourth-order valence-electron chi connectivity index (χ4n) is 5.03. The number of para-hydroxylation sites is 2. The third-order valence-corrected chi connectivity index (χ3v) is 8.06. The van der Waals surface area contributed by atoms with Crippen molar-refractivity contribution in [2.24, 2.45) is 0 Å². The van der Waals surface area contributed by atoms with Crippen molar-refractivity contribution in [3.05, 3.63) is 189 Å². The van der Waals surface area contributed by atoms with E-state index in [2.05, 4.69) is 70.0 Å². The molecule has 9 heteroatoms. The Kier molecular flexibility index (Phi) is 19.7. The number of rotatable bonds is 18. The highest BCUT2D eigenvalue weighted by atomic mass is 16.6. The lowest BCUT2D eigenvalue weighted by molar-refractivity contribution is -0.139. The molecule has 0 N–H and O–H groups in total. The smallest absolute Gasteiger partial charge is 0.330 e. The van der Waals surface area contributed by atoms with Gasteiger partial charge < -0.3 is 28.4 Å². The number of hydrogen-bond acceptors (Lipinski definition) is 9. The molecule has 5 aromatic carbocycles. The molecule has 9 nitrogen and oxygen atoms in total. The van der Waals surface area contributed by atoms with Gasteiger partial charge in [0.15, 0.2) is 0 Å². The molecule has 0 bridgehead atoms. The number of carbonyl (C=O) groups is 3. The summed E-state index contributed by atoms with van der Waals surface area (Å²) in [6.45, 7) is 16.0. The van der Waals surface area contributed by atoms with Crippen LogP contribution in [0.15, 0.2) is 177 Å². The molecule has 0 aliphatic carbocycles. The van der Waals surface area contributed by atoms with Crippen LogP contribution in [0.4, 0.5) is 0 Å². The predicted molar refractivity (Wildman–Crippen MR) is 223 cm³/mol. The lowest BCUT2D eigenvalue weighted by atomic mass is 9.78. The molecule has 0 aliphatic heterocycles. The van der Waals surface area contributed by atoms with Crippen LogP contribution >= 0.6 is 0 Å². The molecule has 0 amide bonds. The SMILES string of the molecule is C=CC(=O)OCCOc1ccc(C(C)(C)c2ccccc2)cc1.C=CC(=O)OCCOc1ccccc1.C=CC(=O)OCCOc1ccccc1-c1ccccc1. The van der Waals surface area contributed by atoms with Crippen molar-refractivity contribution in [3.63, 3.8) is 0 Å². The van der Waals surface area contributed by atoms with Crippen LogP contribution in [0.3, 0.4) is 0 Å². The Hall–Kier alpha value is -6.87. The van der Waals surface area contributed by atoms with Gasteiger partial charge in [-0.25, -0.2) is 14.4 Å². The number of ether oxygens (including phenoxy) is 6. The maximum Gasteiger partial charge on any atom is 0.330 e. The van der Waals surface area contributed by atoms with Gasteiger partial charge in [-0.3, -0.25) is 0 Å². The van der Waals surface area contributed by atoms with E-state index < -0.39 is 17.9 Å². The third kappa shape index (κ3) is 16.6. The first-order chi connectivity index (χ1) is 27.7. The van der Waals surface area contributed by atoms with Gasteiger partial charge in [0.25, 0.3) is 0 Å². The summed E-state index contributed by atoms with van der Waals surface area (Å²) >= 11 is 0. The van der Waals surface area contributed by atoms with E-state index in [-0.39, 0.29) is 25.2 Å². The molecular formula is C48H50O9. The zero-order valence-corrected chi connectivity index (χ0v) is 32.5. The zero-order chi connectivity index (χ0) is 41.1. The third-order valence-electron chi connectivity index (χ3n) is 8.06. The topological polar surface area (TPSA) is 107 Å². The predicted octanol–water partition coefficient (Wildman–Crippen LogP) is 9.38. The fraction of sp³-hybridized carbons (Fsp3) is 0.188. The van der Waals surface area contributed by atoms with E-state index in [0.29, 0.717) is 19.8 Å². The summed E-state index contributed by atoms with van der Waals surface area (Å²) < 4.78 is 31.0. The minimum Gasteiger partial charge on any atom is -0.490 e. The number of esters is 3. The molecule has 0 heterocycles. The zero-order valence-electron chi connectivity index (χ0n) is 32.5. The average Bonchev–Trinajstić information content (AvgIpc) is 3.26. The van der Waals surface area contributed by atoms with Crippen molar-refractivity contribution in [2.75, 3.05) is 39.6 Å². The summed E-state index contributed by atoms with van der Waals surface area (Å²) in [5, 5.41) is 0. The second-order valence-corrected chi connectivity index (χ2v) is 12.4. The summed E-state index contributed by atoms with van der Waals surface area (Å²) in [6, 6.07) is 45.6. The summed E-state index contributed by atoms with van der Waals surface area (Å²) in [5.41, 5.74) is 4.52. The van der Waals surface area contributed by atoms with Gasteiger partial charge in [-0.15, -0.1) is 0 Å². The van der Waals surface area contributed by atoms with Gasteiger partial charge in [0.1, 0.15) is 56.9 Å². The molecule has 5 rings (SSSR count). The van der Waals surface area contributed by atoms with Crippen LogP contribution in [-0.2, 0) is 34.0 Å². The van der Waals surface area contributed by atoms with E-state index in [1.807, 2.05) is 103 Å². The first kappa shape index (κ1) is 44.5. The van der Waals surface area contributed by atoms with Gasteiger partial charge in [-0.05, 0) is 47.0 Å². The standard InChI is InChI=1S/C20H22O3.C17H16O3.C11H12O3/c1-4-19(21)23-15-14-22-18-12-10-17(11-13-18)20(2,3)16-8-6-5-7-9-16;1-2-17(18)20-13-12-19-16-11-7-6-10-15(16)14-8-4-3-5-9-14;1-2-11(12)14-9-8-13-10-6-4-3-5-7-10/h4-13H,1,14-15H2,2-3H3;2-11H,1,12-13H2;2-7H,1,8-9H2. The molecule has 0 aliphatic rings. The van der Waals surface area contributed by atoms with Crippen molar-refractivity contribution in [2.45, 2.75) is 19.3 Å². The quantitative estimate of drug-likeness (QED) is 0.0373. The fourth-order valence-corrected chi connectivity index (χ4v) is 5.03. The van der Waals surface area contributed by atoms with Gasteiger partial charge in [0, 0.05) is 29.2 Å². The Morgan fingerprint density at radius 1 is 0.456 bits per heavy atom. The Labute approximate surface area is 335 Å². The van der Waals surface area contributed by atoms with E-state index in [1.54, 1.807) is 0 Å². The summed E-state index contributed by atoms with van der Waals surface area (Å²) in [5.74, 6) is 0.989. The lowest BCUT2D eigenvalue weighted by Gasteiger charge is -2.26. The van der Waals surface area contributed by atoms with Crippen LogP contribution in [0, 0.1) is 0 Å².